The van der Waals surface area contributed by atoms with Crippen LogP contribution in [-0.2, 0) is 10.3 Å². The number of rotatable bonds is 6. The highest BCUT2D eigenvalue weighted by Crippen LogP contribution is 2.41. The molecule has 6 nitrogen and oxygen atoms in total. The first-order valence-electron chi connectivity index (χ1n) is 7.81. The number of carboxylic acid groups (broad SMARTS) is 1. The van der Waals surface area contributed by atoms with Gasteiger partial charge in [0.1, 0.15) is 5.69 Å². The van der Waals surface area contributed by atoms with Crippen molar-refractivity contribution < 1.29 is 14.7 Å². The summed E-state index contributed by atoms with van der Waals surface area (Å²) in [6.07, 6.45) is 2.76. The average Bonchev–Trinajstić information content (AvgIpc) is 3.13. The molecule has 0 spiro atoms. The molecular weight excluding hydrogens is 282 g/mol. The van der Waals surface area contributed by atoms with Crippen LogP contribution in [-0.4, -0.2) is 32.8 Å². The molecule has 0 saturated heterocycles. The van der Waals surface area contributed by atoms with Crippen LogP contribution in [0.15, 0.2) is 6.07 Å². The summed E-state index contributed by atoms with van der Waals surface area (Å²) in [4.78, 5) is 22.9. The van der Waals surface area contributed by atoms with E-state index in [1.54, 1.807) is 0 Å². The number of hydrogen-bond acceptors (Lipinski definition) is 3. The number of nitrogens with zero attached hydrogens (tertiary/aromatic N) is 2. The Morgan fingerprint density at radius 2 is 2.09 bits per heavy atom. The van der Waals surface area contributed by atoms with Crippen molar-refractivity contribution in [1.29, 1.82) is 0 Å². The molecule has 1 amide bonds. The van der Waals surface area contributed by atoms with Gasteiger partial charge in [-0.3, -0.25) is 14.3 Å². The lowest BCUT2D eigenvalue weighted by Crippen LogP contribution is -2.33. The second-order valence-electron chi connectivity index (χ2n) is 7.12. The van der Waals surface area contributed by atoms with E-state index in [1.165, 1.54) is 0 Å². The van der Waals surface area contributed by atoms with Crippen molar-refractivity contribution in [3.8, 4) is 0 Å². The molecule has 2 N–H and O–H groups in total. The summed E-state index contributed by atoms with van der Waals surface area (Å²) in [5.74, 6) is -0.574. The second-order valence-corrected chi connectivity index (χ2v) is 7.12. The normalized spacial score (nSPS) is 16.4. The van der Waals surface area contributed by atoms with E-state index in [-0.39, 0.29) is 23.9 Å². The van der Waals surface area contributed by atoms with Gasteiger partial charge < -0.3 is 10.4 Å². The van der Waals surface area contributed by atoms with Gasteiger partial charge in [-0.2, -0.15) is 5.10 Å². The Hall–Kier alpha value is -1.85. The van der Waals surface area contributed by atoms with Crippen molar-refractivity contribution in [3.05, 3.63) is 17.5 Å². The van der Waals surface area contributed by atoms with Crippen molar-refractivity contribution in [2.45, 2.75) is 70.9 Å². The first-order valence-corrected chi connectivity index (χ1v) is 7.81. The van der Waals surface area contributed by atoms with Gasteiger partial charge in [0.2, 0.25) is 0 Å². The molecule has 0 bridgehead atoms. The third-order valence-electron chi connectivity index (χ3n) is 3.77. The maximum Gasteiger partial charge on any atom is 0.303 e. The first kappa shape index (κ1) is 16.5. The number of carbonyl (C=O) groups excluding carboxylic acids is 1. The minimum atomic E-state index is -0.853. The van der Waals surface area contributed by atoms with Gasteiger partial charge in [-0.25, -0.2) is 0 Å². The molecule has 0 radical (unpaired) electrons. The van der Waals surface area contributed by atoms with Crippen molar-refractivity contribution in [3.63, 3.8) is 0 Å². The van der Waals surface area contributed by atoms with E-state index in [0.717, 1.165) is 18.5 Å². The van der Waals surface area contributed by atoms with E-state index in [9.17, 15) is 9.59 Å². The number of aliphatic carboxylic acids is 1. The number of hydrogen-bond donors (Lipinski definition) is 2. The summed E-state index contributed by atoms with van der Waals surface area (Å²) in [5.41, 5.74) is 1.38. The SMILES string of the molecule is CC(CCC(=O)O)NC(=O)c1cc(C2CC2)n(C(C)(C)C)n1. The van der Waals surface area contributed by atoms with Crippen LogP contribution in [0.25, 0.3) is 0 Å². The molecule has 6 heteroatoms. The summed E-state index contributed by atoms with van der Waals surface area (Å²) < 4.78 is 1.95. The number of carboxylic acids is 1. The number of carbonyl (C=O) groups is 2. The van der Waals surface area contributed by atoms with E-state index >= 15 is 0 Å². The summed E-state index contributed by atoms with van der Waals surface area (Å²) in [7, 11) is 0. The molecule has 1 aliphatic carbocycles. The fourth-order valence-corrected chi connectivity index (χ4v) is 2.42. The van der Waals surface area contributed by atoms with E-state index in [2.05, 4.69) is 31.2 Å². The molecule has 1 aliphatic rings. The molecule has 1 atom stereocenters. The third-order valence-corrected chi connectivity index (χ3v) is 3.77. The van der Waals surface area contributed by atoms with Gasteiger partial charge in [0.15, 0.2) is 0 Å². The highest BCUT2D eigenvalue weighted by molar-refractivity contribution is 5.92. The molecule has 0 aromatic carbocycles. The van der Waals surface area contributed by atoms with Gasteiger partial charge in [-0.05, 0) is 53.0 Å². The average molecular weight is 307 g/mol. The highest BCUT2D eigenvalue weighted by Gasteiger charge is 2.32. The first-order chi connectivity index (χ1) is 10.2. The zero-order valence-corrected chi connectivity index (χ0v) is 13.7. The largest absolute Gasteiger partial charge is 0.481 e. The predicted molar refractivity (Wildman–Crippen MR) is 83.0 cm³/mol. The summed E-state index contributed by atoms with van der Waals surface area (Å²) in [6.45, 7) is 8.03. The zero-order chi connectivity index (χ0) is 16.5. The quantitative estimate of drug-likeness (QED) is 0.845. The molecule has 1 aromatic heterocycles. The van der Waals surface area contributed by atoms with E-state index in [0.29, 0.717) is 18.0 Å². The maximum atomic E-state index is 12.3. The molecule has 2 rings (SSSR count). The summed E-state index contributed by atoms with van der Waals surface area (Å²) in [5, 5.41) is 16.0. The monoisotopic (exact) mass is 307 g/mol. The van der Waals surface area contributed by atoms with Gasteiger partial charge in [0.05, 0.1) is 5.54 Å². The zero-order valence-electron chi connectivity index (χ0n) is 13.7. The number of amides is 1. The lowest BCUT2D eigenvalue weighted by atomic mass is 10.1. The van der Waals surface area contributed by atoms with Crippen LogP contribution in [0.2, 0.25) is 0 Å². The van der Waals surface area contributed by atoms with Crippen LogP contribution >= 0.6 is 0 Å². The van der Waals surface area contributed by atoms with Crippen molar-refractivity contribution in [2.24, 2.45) is 0 Å². The fourth-order valence-electron chi connectivity index (χ4n) is 2.42. The Kier molecular flexibility index (Phi) is 4.58. The van der Waals surface area contributed by atoms with Crippen molar-refractivity contribution >= 4 is 11.9 Å². The second kappa shape index (κ2) is 6.10. The fraction of sp³-hybridized carbons (Fsp3) is 0.688. The van der Waals surface area contributed by atoms with Crippen LogP contribution < -0.4 is 5.32 Å². The Morgan fingerprint density at radius 1 is 1.45 bits per heavy atom. The van der Waals surface area contributed by atoms with E-state index in [4.69, 9.17) is 5.11 Å². The number of aromatic nitrogens is 2. The Labute approximate surface area is 130 Å². The minimum Gasteiger partial charge on any atom is -0.481 e. The lowest BCUT2D eigenvalue weighted by molar-refractivity contribution is -0.137. The molecule has 1 saturated carbocycles. The van der Waals surface area contributed by atoms with Gasteiger partial charge in [-0.1, -0.05) is 0 Å². The Morgan fingerprint density at radius 3 is 2.59 bits per heavy atom. The van der Waals surface area contributed by atoms with E-state index < -0.39 is 5.97 Å². The molecule has 1 heterocycles. The standard InChI is InChI=1S/C16H25N3O3/c1-10(5-8-14(20)21)17-15(22)12-9-13(11-6-7-11)19(18-12)16(2,3)4/h9-11H,5-8H2,1-4H3,(H,17,22)(H,20,21). The summed E-state index contributed by atoms with van der Waals surface area (Å²) in [6, 6.07) is 1.69. The molecule has 122 valence electrons. The van der Waals surface area contributed by atoms with Gasteiger partial charge >= 0.3 is 5.97 Å². The smallest absolute Gasteiger partial charge is 0.303 e. The Bertz CT molecular complexity index is 568. The van der Waals surface area contributed by atoms with Crippen LogP contribution in [0, 0.1) is 0 Å². The van der Waals surface area contributed by atoms with Crippen molar-refractivity contribution in [1.82, 2.24) is 15.1 Å². The van der Waals surface area contributed by atoms with Crippen LogP contribution in [0.5, 0.6) is 0 Å². The Balaban J connectivity index is 2.08. The maximum absolute atomic E-state index is 12.3. The van der Waals surface area contributed by atoms with Crippen LogP contribution in [0.1, 0.15) is 75.5 Å². The molecule has 0 aliphatic heterocycles. The predicted octanol–water partition coefficient (Wildman–Crippen LogP) is 2.50. The molecule has 1 aromatic rings. The third kappa shape index (κ3) is 4.08. The molecular formula is C16H25N3O3. The molecule has 1 fully saturated rings. The minimum absolute atomic E-state index is 0.0468. The summed E-state index contributed by atoms with van der Waals surface area (Å²) >= 11 is 0. The van der Waals surface area contributed by atoms with Gasteiger partial charge in [-0.15, -0.1) is 0 Å². The van der Waals surface area contributed by atoms with Gasteiger partial charge in [0.25, 0.3) is 5.91 Å². The number of nitrogens with one attached hydrogen (secondary N) is 1. The highest BCUT2D eigenvalue weighted by atomic mass is 16.4. The van der Waals surface area contributed by atoms with Crippen molar-refractivity contribution in [2.75, 3.05) is 0 Å². The molecule has 1 unspecified atom stereocenters. The van der Waals surface area contributed by atoms with Crippen LogP contribution in [0.3, 0.4) is 0 Å². The topological polar surface area (TPSA) is 84.2 Å². The van der Waals surface area contributed by atoms with Crippen LogP contribution in [0.4, 0.5) is 0 Å². The lowest BCUT2D eigenvalue weighted by Gasteiger charge is -2.22. The molecule has 22 heavy (non-hydrogen) atoms. The van der Waals surface area contributed by atoms with E-state index in [1.807, 2.05) is 17.7 Å². The van der Waals surface area contributed by atoms with Gasteiger partial charge in [0, 0.05) is 24.1 Å².